The molecule has 2 heterocycles. The van der Waals surface area contributed by atoms with E-state index in [1.54, 1.807) is 24.3 Å². The Morgan fingerprint density at radius 1 is 1.33 bits per heavy atom. The van der Waals surface area contributed by atoms with E-state index in [2.05, 4.69) is 4.98 Å². The van der Waals surface area contributed by atoms with Gasteiger partial charge in [0.25, 0.3) is 5.91 Å². The molecule has 0 aliphatic carbocycles. The maximum atomic E-state index is 12.3. The summed E-state index contributed by atoms with van der Waals surface area (Å²) in [7, 11) is 0. The largest absolute Gasteiger partial charge is 0.365 e. The van der Waals surface area contributed by atoms with Crippen LogP contribution < -0.4 is 0 Å². The molecule has 1 aliphatic heterocycles. The van der Waals surface area contributed by atoms with Crippen molar-refractivity contribution in [2.24, 2.45) is 0 Å². The Labute approximate surface area is 110 Å². The summed E-state index contributed by atoms with van der Waals surface area (Å²) in [6.07, 6.45) is 2.81. The SMILES string of the molecule is O=C(c1cccc(Cl)c1)N1CCc2[nH]ccc2C1. The average Bonchev–Trinajstić information content (AvgIpc) is 2.85. The number of benzene rings is 1. The number of nitrogens with one attached hydrogen (secondary N) is 1. The maximum Gasteiger partial charge on any atom is 0.254 e. The number of aromatic nitrogens is 1. The fourth-order valence-corrected chi connectivity index (χ4v) is 2.52. The zero-order chi connectivity index (χ0) is 12.5. The van der Waals surface area contributed by atoms with Crippen LogP contribution in [0.3, 0.4) is 0 Å². The molecule has 1 aromatic carbocycles. The Morgan fingerprint density at radius 3 is 3.06 bits per heavy atom. The third kappa shape index (κ3) is 2.02. The van der Waals surface area contributed by atoms with E-state index >= 15 is 0 Å². The Bertz CT molecular complexity index is 591. The fourth-order valence-electron chi connectivity index (χ4n) is 2.33. The minimum Gasteiger partial charge on any atom is -0.365 e. The second kappa shape index (κ2) is 4.50. The van der Waals surface area contributed by atoms with Crippen molar-refractivity contribution < 1.29 is 4.79 Å². The van der Waals surface area contributed by atoms with Crippen molar-refractivity contribution in [1.29, 1.82) is 0 Å². The third-order valence-electron chi connectivity index (χ3n) is 3.28. The molecule has 1 aromatic heterocycles. The van der Waals surface area contributed by atoms with Crippen LogP contribution in [0.4, 0.5) is 0 Å². The van der Waals surface area contributed by atoms with Gasteiger partial charge in [-0.05, 0) is 29.8 Å². The molecule has 0 fully saturated rings. The average molecular weight is 261 g/mol. The van der Waals surface area contributed by atoms with E-state index in [1.165, 1.54) is 11.3 Å². The van der Waals surface area contributed by atoms with Gasteiger partial charge in [-0.2, -0.15) is 0 Å². The molecule has 3 nitrogen and oxygen atoms in total. The first-order chi connectivity index (χ1) is 8.74. The molecule has 3 rings (SSSR count). The first-order valence-corrected chi connectivity index (χ1v) is 6.32. The lowest BCUT2D eigenvalue weighted by molar-refractivity contribution is 0.0734. The van der Waals surface area contributed by atoms with E-state index < -0.39 is 0 Å². The van der Waals surface area contributed by atoms with E-state index in [0.29, 0.717) is 17.1 Å². The van der Waals surface area contributed by atoms with Crippen LogP contribution in [0, 0.1) is 0 Å². The topological polar surface area (TPSA) is 36.1 Å². The number of H-pyrrole nitrogens is 1. The number of fused-ring (bicyclic) bond motifs is 1. The number of nitrogens with zero attached hydrogens (tertiary/aromatic N) is 1. The molecule has 0 radical (unpaired) electrons. The predicted molar refractivity (Wildman–Crippen MR) is 70.7 cm³/mol. The van der Waals surface area contributed by atoms with Gasteiger partial charge in [-0.15, -0.1) is 0 Å². The van der Waals surface area contributed by atoms with Crippen molar-refractivity contribution in [3.05, 3.63) is 58.4 Å². The molecule has 2 aromatic rings. The summed E-state index contributed by atoms with van der Waals surface area (Å²) in [6.45, 7) is 1.42. The number of hydrogen-bond acceptors (Lipinski definition) is 1. The molecular weight excluding hydrogens is 248 g/mol. The fraction of sp³-hybridized carbons (Fsp3) is 0.214. The highest BCUT2D eigenvalue weighted by atomic mass is 35.5. The normalized spacial score (nSPS) is 14.4. The van der Waals surface area contributed by atoms with E-state index in [1.807, 2.05) is 17.2 Å². The summed E-state index contributed by atoms with van der Waals surface area (Å²) in [4.78, 5) is 17.4. The Morgan fingerprint density at radius 2 is 2.22 bits per heavy atom. The minimum atomic E-state index is 0.0457. The second-order valence-corrected chi connectivity index (χ2v) is 4.90. The highest BCUT2D eigenvalue weighted by molar-refractivity contribution is 6.30. The van der Waals surface area contributed by atoms with Gasteiger partial charge in [0.2, 0.25) is 0 Å². The molecule has 1 amide bonds. The van der Waals surface area contributed by atoms with Crippen LogP contribution in [0.2, 0.25) is 5.02 Å². The number of aromatic amines is 1. The summed E-state index contributed by atoms with van der Waals surface area (Å²) >= 11 is 5.92. The Hall–Kier alpha value is -1.74. The van der Waals surface area contributed by atoms with Crippen LogP contribution in [0.25, 0.3) is 0 Å². The van der Waals surface area contributed by atoms with E-state index in [4.69, 9.17) is 11.6 Å². The molecule has 0 saturated heterocycles. The molecule has 0 bridgehead atoms. The molecule has 4 heteroatoms. The van der Waals surface area contributed by atoms with Crippen LogP contribution in [0.5, 0.6) is 0 Å². The first-order valence-electron chi connectivity index (χ1n) is 5.94. The standard InChI is InChI=1S/C14H13ClN2O/c15-12-3-1-2-10(8-12)14(18)17-7-5-13-11(9-17)4-6-16-13/h1-4,6,8,16H,5,7,9H2. The summed E-state index contributed by atoms with van der Waals surface area (Å²) < 4.78 is 0. The number of carbonyl (C=O) groups excluding carboxylic acids is 1. The molecule has 1 N–H and O–H groups in total. The Balaban J connectivity index is 1.83. The summed E-state index contributed by atoms with van der Waals surface area (Å²) in [5.41, 5.74) is 3.10. The molecular formula is C14H13ClN2O. The van der Waals surface area contributed by atoms with Crippen molar-refractivity contribution in [2.75, 3.05) is 6.54 Å². The van der Waals surface area contributed by atoms with Gasteiger partial charge in [-0.3, -0.25) is 4.79 Å². The molecule has 18 heavy (non-hydrogen) atoms. The number of amides is 1. The van der Waals surface area contributed by atoms with Gasteiger partial charge < -0.3 is 9.88 Å². The van der Waals surface area contributed by atoms with Gasteiger partial charge in [0.1, 0.15) is 0 Å². The van der Waals surface area contributed by atoms with Gasteiger partial charge in [0, 0.05) is 42.0 Å². The lowest BCUT2D eigenvalue weighted by Gasteiger charge is -2.27. The quantitative estimate of drug-likeness (QED) is 0.841. The maximum absolute atomic E-state index is 12.3. The van der Waals surface area contributed by atoms with Crippen molar-refractivity contribution >= 4 is 17.5 Å². The van der Waals surface area contributed by atoms with Crippen LogP contribution in [-0.2, 0) is 13.0 Å². The second-order valence-electron chi connectivity index (χ2n) is 4.47. The third-order valence-corrected chi connectivity index (χ3v) is 3.52. The van der Waals surface area contributed by atoms with Crippen molar-refractivity contribution in [3.63, 3.8) is 0 Å². The molecule has 92 valence electrons. The molecule has 0 spiro atoms. The molecule has 1 aliphatic rings. The zero-order valence-electron chi connectivity index (χ0n) is 9.82. The van der Waals surface area contributed by atoms with E-state index in [9.17, 15) is 4.79 Å². The molecule has 0 atom stereocenters. The van der Waals surface area contributed by atoms with Crippen molar-refractivity contribution in [3.8, 4) is 0 Å². The lowest BCUT2D eigenvalue weighted by Crippen LogP contribution is -2.35. The molecule has 0 saturated carbocycles. The van der Waals surface area contributed by atoms with Gasteiger partial charge >= 0.3 is 0 Å². The zero-order valence-corrected chi connectivity index (χ0v) is 10.6. The van der Waals surface area contributed by atoms with E-state index in [0.717, 1.165) is 13.0 Å². The van der Waals surface area contributed by atoms with Crippen molar-refractivity contribution in [2.45, 2.75) is 13.0 Å². The van der Waals surface area contributed by atoms with Gasteiger partial charge in [0.15, 0.2) is 0 Å². The molecule has 0 unspecified atom stereocenters. The van der Waals surface area contributed by atoms with Crippen LogP contribution in [0.1, 0.15) is 21.6 Å². The predicted octanol–water partition coefficient (Wildman–Crippen LogP) is 2.87. The van der Waals surface area contributed by atoms with Crippen molar-refractivity contribution in [1.82, 2.24) is 9.88 Å². The highest BCUT2D eigenvalue weighted by Gasteiger charge is 2.22. The van der Waals surface area contributed by atoms with E-state index in [-0.39, 0.29) is 5.91 Å². The monoisotopic (exact) mass is 260 g/mol. The van der Waals surface area contributed by atoms with Gasteiger partial charge in [0.05, 0.1) is 0 Å². The summed E-state index contributed by atoms with van der Waals surface area (Å²) in [6, 6.07) is 9.14. The van der Waals surface area contributed by atoms with Crippen LogP contribution in [-0.4, -0.2) is 22.3 Å². The minimum absolute atomic E-state index is 0.0457. The van der Waals surface area contributed by atoms with Crippen LogP contribution >= 0.6 is 11.6 Å². The first kappa shape index (κ1) is 11.4. The van der Waals surface area contributed by atoms with Gasteiger partial charge in [-0.1, -0.05) is 17.7 Å². The number of hydrogen-bond donors (Lipinski definition) is 1. The summed E-state index contributed by atoms with van der Waals surface area (Å²) in [5, 5.41) is 0.597. The van der Waals surface area contributed by atoms with Crippen LogP contribution in [0.15, 0.2) is 36.5 Å². The van der Waals surface area contributed by atoms with Gasteiger partial charge in [-0.25, -0.2) is 0 Å². The lowest BCUT2D eigenvalue weighted by atomic mass is 10.1. The smallest absolute Gasteiger partial charge is 0.254 e. The number of carbonyl (C=O) groups is 1. The highest BCUT2D eigenvalue weighted by Crippen LogP contribution is 2.20. The number of rotatable bonds is 1. The Kier molecular flexibility index (Phi) is 2.84. The summed E-state index contributed by atoms with van der Waals surface area (Å²) in [5.74, 6) is 0.0457. The number of halogens is 1.